The molecule has 0 bridgehead atoms. The minimum atomic E-state index is -4.53. The van der Waals surface area contributed by atoms with Crippen molar-refractivity contribution in [1.82, 2.24) is 29.3 Å². The number of nitrogens with one attached hydrogen (secondary N) is 1. The van der Waals surface area contributed by atoms with Gasteiger partial charge in [-0.1, -0.05) is 0 Å². The molecule has 31 heavy (non-hydrogen) atoms. The summed E-state index contributed by atoms with van der Waals surface area (Å²) in [5, 5.41) is 7.21. The summed E-state index contributed by atoms with van der Waals surface area (Å²) in [5.74, 6) is 1.27. The van der Waals surface area contributed by atoms with E-state index in [1.165, 1.54) is 10.7 Å². The number of halogens is 3. The van der Waals surface area contributed by atoms with Crippen LogP contribution in [0.5, 0.6) is 5.75 Å². The van der Waals surface area contributed by atoms with Gasteiger partial charge >= 0.3 is 6.18 Å². The Hall–Kier alpha value is -3.89. The standard InChI is InChI=1S/C20H18F3N7O/c1-12-10-30(11-25-12)15-5-4-13(8-16(15)31-3)18-27-19(29(2)28-18)26-14-6-7-24-17(9-14)20(21,22)23/h4-11H,1-3H3,(H,24,26,27,28). The zero-order valence-electron chi connectivity index (χ0n) is 16.8. The fourth-order valence-electron chi connectivity index (χ4n) is 2.99. The molecule has 0 fully saturated rings. The maximum atomic E-state index is 12.9. The first-order valence-electron chi connectivity index (χ1n) is 9.15. The zero-order valence-corrected chi connectivity index (χ0v) is 16.8. The Kier molecular flexibility index (Phi) is 5.09. The van der Waals surface area contributed by atoms with Crippen LogP contribution in [-0.4, -0.2) is 36.4 Å². The van der Waals surface area contributed by atoms with E-state index in [1.54, 1.807) is 26.6 Å². The molecule has 0 amide bonds. The minimum Gasteiger partial charge on any atom is -0.495 e. The van der Waals surface area contributed by atoms with Gasteiger partial charge in [0.1, 0.15) is 11.4 Å². The lowest BCUT2D eigenvalue weighted by Crippen LogP contribution is -2.08. The number of alkyl halides is 3. The third-order valence-electron chi connectivity index (χ3n) is 4.50. The summed E-state index contributed by atoms with van der Waals surface area (Å²) < 4.78 is 47.5. The van der Waals surface area contributed by atoms with E-state index in [9.17, 15) is 13.2 Å². The average Bonchev–Trinajstić information content (AvgIpc) is 3.33. The fraction of sp³-hybridized carbons (Fsp3) is 0.200. The minimum absolute atomic E-state index is 0.202. The Labute approximate surface area is 175 Å². The third-order valence-corrected chi connectivity index (χ3v) is 4.50. The van der Waals surface area contributed by atoms with Crippen LogP contribution in [-0.2, 0) is 13.2 Å². The van der Waals surface area contributed by atoms with Crippen molar-refractivity contribution in [3.8, 4) is 22.8 Å². The monoisotopic (exact) mass is 429 g/mol. The van der Waals surface area contributed by atoms with Gasteiger partial charge in [-0.3, -0.25) is 4.98 Å². The third kappa shape index (κ3) is 4.20. The highest BCUT2D eigenvalue weighted by molar-refractivity contribution is 5.65. The second kappa shape index (κ2) is 7.74. The number of methoxy groups -OCH3 is 1. The molecule has 0 unspecified atom stereocenters. The van der Waals surface area contributed by atoms with Gasteiger partial charge in [0, 0.05) is 30.7 Å². The number of pyridine rings is 1. The van der Waals surface area contributed by atoms with Crippen molar-refractivity contribution in [2.75, 3.05) is 12.4 Å². The van der Waals surface area contributed by atoms with E-state index in [-0.39, 0.29) is 11.6 Å². The highest BCUT2D eigenvalue weighted by Gasteiger charge is 2.32. The lowest BCUT2D eigenvalue weighted by molar-refractivity contribution is -0.141. The van der Waals surface area contributed by atoms with E-state index in [1.807, 2.05) is 29.8 Å². The number of ether oxygens (including phenoxy) is 1. The van der Waals surface area contributed by atoms with Gasteiger partial charge in [0.25, 0.3) is 0 Å². The van der Waals surface area contributed by atoms with E-state index < -0.39 is 11.9 Å². The molecule has 0 saturated carbocycles. The Morgan fingerprint density at radius 3 is 2.58 bits per heavy atom. The summed E-state index contributed by atoms with van der Waals surface area (Å²) in [6, 6.07) is 7.82. The van der Waals surface area contributed by atoms with Gasteiger partial charge < -0.3 is 14.6 Å². The Balaban J connectivity index is 1.63. The molecule has 0 radical (unpaired) electrons. The maximum Gasteiger partial charge on any atom is 0.433 e. The molecule has 3 heterocycles. The van der Waals surface area contributed by atoms with Gasteiger partial charge in [0.15, 0.2) is 5.82 Å². The molecule has 0 aliphatic heterocycles. The van der Waals surface area contributed by atoms with E-state index >= 15 is 0 Å². The number of anilines is 2. The second-order valence-electron chi connectivity index (χ2n) is 6.74. The summed E-state index contributed by atoms with van der Waals surface area (Å²) in [5.41, 5.74) is 1.57. The molecule has 0 spiro atoms. The molecule has 1 N–H and O–H groups in total. The number of nitrogens with zero attached hydrogens (tertiary/aromatic N) is 6. The maximum absolute atomic E-state index is 12.9. The van der Waals surface area contributed by atoms with Crippen molar-refractivity contribution in [1.29, 1.82) is 0 Å². The molecule has 1 aromatic carbocycles. The SMILES string of the molecule is COc1cc(-c2nc(Nc3ccnc(C(F)(F)F)c3)n(C)n2)ccc1-n1cnc(C)c1. The number of benzene rings is 1. The summed E-state index contributed by atoms with van der Waals surface area (Å²) in [4.78, 5) is 12.0. The lowest BCUT2D eigenvalue weighted by Gasteiger charge is -2.10. The van der Waals surface area contributed by atoms with Gasteiger partial charge in [-0.15, -0.1) is 5.10 Å². The van der Waals surface area contributed by atoms with Gasteiger partial charge in [0.05, 0.1) is 24.8 Å². The van der Waals surface area contributed by atoms with Crippen LogP contribution in [0.1, 0.15) is 11.4 Å². The Bertz CT molecular complexity index is 1230. The molecule has 0 aliphatic carbocycles. The van der Waals surface area contributed by atoms with Gasteiger partial charge in [0.2, 0.25) is 5.95 Å². The molecule has 8 nitrogen and oxygen atoms in total. The van der Waals surface area contributed by atoms with Crippen molar-refractivity contribution < 1.29 is 17.9 Å². The molecule has 4 aromatic rings. The highest BCUT2D eigenvalue weighted by Crippen LogP contribution is 2.31. The molecule has 0 atom stereocenters. The van der Waals surface area contributed by atoms with Crippen molar-refractivity contribution in [3.63, 3.8) is 0 Å². The topological polar surface area (TPSA) is 82.7 Å². The normalized spacial score (nSPS) is 11.5. The first-order valence-corrected chi connectivity index (χ1v) is 9.15. The van der Waals surface area contributed by atoms with Crippen LogP contribution >= 0.6 is 0 Å². The second-order valence-corrected chi connectivity index (χ2v) is 6.74. The summed E-state index contributed by atoms with van der Waals surface area (Å²) in [6.07, 6.45) is 0.124. The van der Waals surface area contributed by atoms with Crippen molar-refractivity contribution in [2.45, 2.75) is 13.1 Å². The number of hydrogen-bond acceptors (Lipinski definition) is 6. The summed E-state index contributed by atoms with van der Waals surface area (Å²) >= 11 is 0. The van der Waals surface area contributed by atoms with Gasteiger partial charge in [-0.25, -0.2) is 9.67 Å². The molecule has 4 rings (SSSR count). The predicted octanol–water partition coefficient (Wildman–Crippen LogP) is 4.14. The first kappa shape index (κ1) is 20.4. The average molecular weight is 429 g/mol. The largest absolute Gasteiger partial charge is 0.495 e. The van der Waals surface area contributed by atoms with Crippen molar-refractivity contribution in [3.05, 3.63) is 60.4 Å². The number of aryl methyl sites for hydroxylation is 2. The number of aromatic nitrogens is 6. The summed E-state index contributed by atoms with van der Waals surface area (Å²) in [7, 11) is 3.21. The van der Waals surface area contributed by atoms with Crippen molar-refractivity contribution in [2.24, 2.45) is 7.05 Å². The van der Waals surface area contributed by atoms with E-state index in [0.717, 1.165) is 23.6 Å². The lowest BCUT2D eigenvalue weighted by atomic mass is 10.1. The van der Waals surface area contributed by atoms with Crippen LogP contribution in [0.3, 0.4) is 0 Å². The predicted molar refractivity (Wildman–Crippen MR) is 107 cm³/mol. The van der Waals surface area contributed by atoms with Crippen LogP contribution in [0.15, 0.2) is 49.1 Å². The quantitative estimate of drug-likeness (QED) is 0.513. The summed E-state index contributed by atoms with van der Waals surface area (Å²) in [6.45, 7) is 1.89. The number of imidazole rings is 1. The molecular weight excluding hydrogens is 411 g/mol. The van der Waals surface area contributed by atoms with Crippen LogP contribution in [0.25, 0.3) is 17.1 Å². The number of rotatable bonds is 5. The van der Waals surface area contributed by atoms with Crippen LogP contribution < -0.4 is 10.1 Å². The van der Waals surface area contributed by atoms with E-state index in [4.69, 9.17) is 4.74 Å². The van der Waals surface area contributed by atoms with E-state index in [2.05, 4.69) is 25.4 Å². The Morgan fingerprint density at radius 1 is 1.10 bits per heavy atom. The fourth-order valence-corrected chi connectivity index (χ4v) is 2.99. The van der Waals surface area contributed by atoms with E-state index in [0.29, 0.717) is 17.1 Å². The molecular formula is C20H18F3N7O. The molecule has 3 aromatic heterocycles. The first-order chi connectivity index (χ1) is 14.7. The smallest absolute Gasteiger partial charge is 0.433 e. The van der Waals surface area contributed by atoms with Crippen LogP contribution in [0.2, 0.25) is 0 Å². The van der Waals surface area contributed by atoms with Crippen molar-refractivity contribution >= 4 is 11.6 Å². The molecule has 160 valence electrons. The molecule has 11 heteroatoms. The van der Waals surface area contributed by atoms with Gasteiger partial charge in [-0.05, 0) is 37.3 Å². The molecule has 0 aliphatic rings. The Morgan fingerprint density at radius 2 is 1.90 bits per heavy atom. The van der Waals surface area contributed by atoms with Gasteiger partial charge in [-0.2, -0.15) is 18.2 Å². The van der Waals surface area contributed by atoms with Crippen LogP contribution in [0.4, 0.5) is 24.8 Å². The molecule has 0 saturated heterocycles. The van der Waals surface area contributed by atoms with Crippen LogP contribution in [0, 0.1) is 6.92 Å². The number of hydrogen-bond donors (Lipinski definition) is 1. The zero-order chi connectivity index (χ0) is 22.2. The highest BCUT2D eigenvalue weighted by atomic mass is 19.4.